The average Bonchev–Trinajstić information content (AvgIpc) is 2.65. The van der Waals surface area contributed by atoms with E-state index in [-0.39, 0.29) is 6.10 Å². The van der Waals surface area contributed by atoms with Crippen LogP contribution in [0.1, 0.15) is 57.6 Å². The molecule has 1 saturated carbocycles. The third kappa shape index (κ3) is 4.51. The molecule has 112 valence electrons. The summed E-state index contributed by atoms with van der Waals surface area (Å²) < 4.78 is 0. The molecule has 1 aliphatic rings. The molecular weight excluding hydrogens is 266 g/mol. The van der Waals surface area contributed by atoms with E-state index in [1.54, 1.807) is 0 Å². The topological polar surface area (TPSA) is 32.3 Å². The number of hydrogen-bond donors (Lipinski definition) is 2. The lowest BCUT2D eigenvalue weighted by atomic mass is 10.1. The highest BCUT2D eigenvalue weighted by molar-refractivity contribution is 8.00. The van der Waals surface area contributed by atoms with Crippen molar-refractivity contribution in [3.63, 3.8) is 0 Å². The maximum Gasteiger partial charge on any atom is 0.0662 e. The predicted molar refractivity (Wildman–Crippen MR) is 87.3 cm³/mol. The van der Waals surface area contributed by atoms with Crippen molar-refractivity contribution in [2.75, 3.05) is 6.54 Å². The lowest BCUT2D eigenvalue weighted by Crippen LogP contribution is -2.21. The number of hydrogen-bond acceptors (Lipinski definition) is 3. The van der Waals surface area contributed by atoms with Gasteiger partial charge in [-0.3, -0.25) is 0 Å². The van der Waals surface area contributed by atoms with Crippen LogP contribution < -0.4 is 5.32 Å². The summed E-state index contributed by atoms with van der Waals surface area (Å²) >= 11 is 1.86. The Bertz CT molecular complexity index is 410. The van der Waals surface area contributed by atoms with Crippen LogP contribution in [0.4, 0.5) is 0 Å². The zero-order chi connectivity index (χ0) is 14.4. The molecule has 0 aromatic heterocycles. The molecule has 1 aliphatic carbocycles. The smallest absolute Gasteiger partial charge is 0.0662 e. The van der Waals surface area contributed by atoms with Crippen molar-refractivity contribution in [3.05, 3.63) is 29.8 Å². The summed E-state index contributed by atoms with van der Waals surface area (Å²) in [5, 5.41) is 14.1. The van der Waals surface area contributed by atoms with Crippen LogP contribution >= 0.6 is 11.8 Å². The molecule has 3 unspecified atom stereocenters. The summed E-state index contributed by atoms with van der Waals surface area (Å²) in [4.78, 5) is 1.29. The van der Waals surface area contributed by atoms with Crippen molar-refractivity contribution in [2.24, 2.45) is 0 Å². The van der Waals surface area contributed by atoms with Crippen LogP contribution in [-0.2, 0) is 0 Å². The lowest BCUT2D eigenvalue weighted by molar-refractivity contribution is 0.163. The van der Waals surface area contributed by atoms with E-state index < -0.39 is 0 Å². The van der Waals surface area contributed by atoms with Crippen LogP contribution in [0.5, 0.6) is 0 Å². The second-order valence-electron chi connectivity index (χ2n) is 5.71. The number of thioether (sulfide) groups is 1. The van der Waals surface area contributed by atoms with Gasteiger partial charge in [-0.1, -0.05) is 38.3 Å². The summed E-state index contributed by atoms with van der Waals surface area (Å²) in [7, 11) is 0. The fourth-order valence-corrected chi connectivity index (χ4v) is 4.14. The van der Waals surface area contributed by atoms with Gasteiger partial charge in [0.1, 0.15) is 0 Å². The van der Waals surface area contributed by atoms with Gasteiger partial charge in [-0.15, -0.1) is 11.8 Å². The number of nitrogens with one attached hydrogen (secondary N) is 1. The van der Waals surface area contributed by atoms with E-state index >= 15 is 0 Å². The fraction of sp³-hybridized carbons (Fsp3) is 0.647. The van der Waals surface area contributed by atoms with E-state index in [0.29, 0.717) is 11.3 Å². The highest BCUT2D eigenvalue weighted by Gasteiger charge is 2.22. The maximum absolute atomic E-state index is 10.2. The third-order valence-electron chi connectivity index (χ3n) is 4.07. The first-order valence-electron chi connectivity index (χ1n) is 7.88. The molecule has 2 N–H and O–H groups in total. The van der Waals surface area contributed by atoms with Gasteiger partial charge in [0.05, 0.1) is 6.10 Å². The predicted octanol–water partition coefficient (Wildman–Crippen LogP) is 4.14. The summed E-state index contributed by atoms with van der Waals surface area (Å²) in [6, 6.07) is 9.15. The first kappa shape index (κ1) is 15.9. The molecule has 0 spiro atoms. The molecule has 1 fully saturated rings. The van der Waals surface area contributed by atoms with Crippen molar-refractivity contribution in [1.82, 2.24) is 5.32 Å². The molecule has 1 aromatic carbocycles. The first-order chi connectivity index (χ1) is 9.70. The number of benzene rings is 1. The number of aliphatic hydroxyl groups excluding tert-OH is 1. The molecule has 3 heteroatoms. The van der Waals surface area contributed by atoms with Crippen molar-refractivity contribution in [2.45, 2.75) is 68.2 Å². The number of rotatable bonds is 5. The quantitative estimate of drug-likeness (QED) is 0.800. The Hall–Kier alpha value is -0.510. The molecule has 2 rings (SSSR count). The van der Waals surface area contributed by atoms with Gasteiger partial charge in [-0.25, -0.2) is 0 Å². The van der Waals surface area contributed by atoms with Gasteiger partial charge in [-0.2, -0.15) is 0 Å². The zero-order valence-electron chi connectivity index (χ0n) is 12.6. The number of aliphatic hydroxyl groups is 1. The Morgan fingerprint density at radius 3 is 2.90 bits per heavy atom. The third-order valence-corrected chi connectivity index (χ3v) is 5.45. The molecule has 0 heterocycles. The van der Waals surface area contributed by atoms with Crippen LogP contribution in [0.15, 0.2) is 29.2 Å². The molecule has 2 nitrogen and oxygen atoms in total. The molecule has 20 heavy (non-hydrogen) atoms. The Labute approximate surface area is 127 Å². The highest BCUT2D eigenvalue weighted by atomic mass is 32.2. The highest BCUT2D eigenvalue weighted by Crippen LogP contribution is 2.34. The van der Waals surface area contributed by atoms with E-state index in [4.69, 9.17) is 0 Å². The molecule has 0 saturated heterocycles. The van der Waals surface area contributed by atoms with Gasteiger partial charge < -0.3 is 10.4 Å². The van der Waals surface area contributed by atoms with Gasteiger partial charge in [0.15, 0.2) is 0 Å². The lowest BCUT2D eigenvalue weighted by Gasteiger charge is -2.20. The van der Waals surface area contributed by atoms with Crippen molar-refractivity contribution in [1.29, 1.82) is 0 Å². The minimum atomic E-state index is -0.141. The van der Waals surface area contributed by atoms with E-state index in [1.165, 1.54) is 29.7 Å². The monoisotopic (exact) mass is 293 g/mol. The Kier molecular flexibility index (Phi) is 6.40. The van der Waals surface area contributed by atoms with Crippen molar-refractivity contribution < 1.29 is 5.11 Å². The van der Waals surface area contributed by atoms with E-state index in [1.807, 2.05) is 11.8 Å². The van der Waals surface area contributed by atoms with Gasteiger partial charge in [-0.05, 0) is 44.0 Å². The summed E-state index contributed by atoms with van der Waals surface area (Å²) in [6.07, 6.45) is 5.66. The molecular formula is C17H27NOS. The van der Waals surface area contributed by atoms with E-state index in [0.717, 1.165) is 19.4 Å². The second kappa shape index (κ2) is 8.06. The Balaban J connectivity index is 2.03. The van der Waals surface area contributed by atoms with Crippen LogP contribution in [0.2, 0.25) is 0 Å². The van der Waals surface area contributed by atoms with Gasteiger partial charge in [0, 0.05) is 16.2 Å². The normalized spacial score (nSPS) is 25.1. The fourth-order valence-electron chi connectivity index (χ4n) is 2.85. The van der Waals surface area contributed by atoms with E-state index in [9.17, 15) is 5.11 Å². The van der Waals surface area contributed by atoms with Gasteiger partial charge in [0.2, 0.25) is 0 Å². The van der Waals surface area contributed by atoms with Gasteiger partial charge in [0.25, 0.3) is 0 Å². The Morgan fingerprint density at radius 2 is 2.10 bits per heavy atom. The van der Waals surface area contributed by atoms with Crippen molar-refractivity contribution in [3.8, 4) is 0 Å². The molecule has 0 radical (unpaired) electrons. The average molecular weight is 293 g/mol. The van der Waals surface area contributed by atoms with Crippen LogP contribution in [0, 0.1) is 0 Å². The summed E-state index contributed by atoms with van der Waals surface area (Å²) in [5.74, 6) is 0. The molecule has 1 aromatic rings. The van der Waals surface area contributed by atoms with Crippen molar-refractivity contribution >= 4 is 11.8 Å². The molecule has 0 amide bonds. The minimum absolute atomic E-state index is 0.141. The SMILES string of the molecule is CCNC(C)c1cccc(SC2CCCCCC2O)c1. The largest absolute Gasteiger partial charge is 0.392 e. The first-order valence-corrected chi connectivity index (χ1v) is 8.76. The van der Waals surface area contributed by atoms with Gasteiger partial charge >= 0.3 is 0 Å². The zero-order valence-corrected chi connectivity index (χ0v) is 13.5. The summed E-state index contributed by atoms with van der Waals surface area (Å²) in [6.45, 7) is 5.32. The minimum Gasteiger partial charge on any atom is -0.392 e. The molecule has 0 bridgehead atoms. The molecule has 3 atom stereocenters. The summed E-state index contributed by atoms with van der Waals surface area (Å²) in [5.41, 5.74) is 1.33. The van der Waals surface area contributed by atoms with Crippen LogP contribution in [-0.4, -0.2) is 23.0 Å². The second-order valence-corrected chi connectivity index (χ2v) is 7.03. The Morgan fingerprint density at radius 1 is 1.30 bits per heavy atom. The van der Waals surface area contributed by atoms with Crippen LogP contribution in [0.25, 0.3) is 0 Å². The standard InChI is InChI=1S/C17H27NOS/c1-3-18-13(2)14-8-7-9-15(12-14)20-17-11-6-4-5-10-16(17)19/h7-9,12-13,16-19H,3-6,10-11H2,1-2H3. The van der Waals surface area contributed by atoms with Crippen LogP contribution in [0.3, 0.4) is 0 Å². The maximum atomic E-state index is 10.2. The molecule has 0 aliphatic heterocycles. The van der Waals surface area contributed by atoms with E-state index in [2.05, 4.69) is 43.4 Å².